The second-order valence-corrected chi connectivity index (χ2v) is 6.07. The number of aromatic nitrogens is 1. The van der Waals surface area contributed by atoms with Gasteiger partial charge in [-0.3, -0.25) is 9.88 Å². The summed E-state index contributed by atoms with van der Waals surface area (Å²) in [4.78, 5) is 7.22. The Morgan fingerprint density at radius 1 is 1.33 bits per heavy atom. The van der Waals surface area contributed by atoms with Crippen LogP contribution in [0, 0.1) is 12.8 Å². The summed E-state index contributed by atoms with van der Waals surface area (Å²) >= 11 is 0. The quantitative estimate of drug-likeness (QED) is 0.838. The van der Waals surface area contributed by atoms with E-state index in [1.165, 1.54) is 38.9 Å². The second kappa shape index (κ2) is 8.35. The van der Waals surface area contributed by atoms with Crippen molar-refractivity contribution in [2.45, 2.75) is 39.7 Å². The van der Waals surface area contributed by atoms with Crippen LogP contribution >= 0.6 is 0 Å². The van der Waals surface area contributed by atoms with Crippen molar-refractivity contribution >= 4 is 0 Å². The molecule has 118 valence electrons. The minimum absolute atomic E-state index is 0.824. The van der Waals surface area contributed by atoms with Crippen LogP contribution in [0.3, 0.4) is 0 Å². The number of nitrogens with one attached hydrogen (secondary N) is 1. The van der Waals surface area contributed by atoms with Crippen LogP contribution in [0.15, 0.2) is 12.1 Å². The van der Waals surface area contributed by atoms with E-state index in [2.05, 4.69) is 28.2 Å². The number of nitrogens with zero attached hydrogens (tertiary/aromatic N) is 2. The average Bonchev–Trinajstić information content (AvgIpc) is 2.48. The van der Waals surface area contributed by atoms with Crippen molar-refractivity contribution in [3.05, 3.63) is 23.5 Å². The van der Waals surface area contributed by atoms with Crippen LogP contribution in [0.25, 0.3) is 0 Å². The Morgan fingerprint density at radius 2 is 2.10 bits per heavy atom. The molecule has 2 heterocycles. The minimum Gasteiger partial charge on any atom is -0.497 e. The van der Waals surface area contributed by atoms with Gasteiger partial charge in [-0.05, 0) is 51.7 Å². The zero-order chi connectivity index (χ0) is 15.1. The van der Waals surface area contributed by atoms with Gasteiger partial charge in [0.2, 0.25) is 0 Å². The summed E-state index contributed by atoms with van der Waals surface area (Å²) in [5.41, 5.74) is 2.15. The molecule has 1 aromatic rings. The van der Waals surface area contributed by atoms with E-state index in [0.29, 0.717) is 0 Å². The fraction of sp³-hybridized carbons (Fsp3) is 0.706. The summed E-state index contributed by atoms with van der Waals surface area (Å²) in [7, 11) is 1.72. The molecule has 4 heteroatoms. The Labute approximate surface area is 128 Å². The lowest BCUT2D eigenvalue weighted by Gasteiger charge is -2.29. The van der Waals surface area contributed by atoms with E-state index in [1.54, 1.807) is 7.11 Å². The average molecular weight is 291 g/mol. The highest BCUT2D eigenvalue weighted by atomic mass is 16.5. The van der Waals surface area contributed by atoms with E-state index in [1.807, 2.05) is 13.0 Å². The molecule has 1 N–H and O–H groups in total. The van der Waals surface area contributed by atoms with E-state index < -0.39 is 0 Å². The van der Waals surface area contributed by atoms with Crippen LogP contribution in [-0.4, -0.2) is 43.2 Å². The molecule has 1 aliphatic heterocycles. The molecule has 2 rings (SSSR count). The molecule has 0 aliphatic carbocycles. The predicted octanol–water partition coefficient (Wildman–Crippen LogP) is 2.61. The molecule has 1 saturated heterocycles. The van der Waals surface area contributed by atoms with Crippen LogP contribution in [-0.2, 0) is 6.54 Å². The smallest absolute Gasteiger partial charge is 0.122 e. The number of hydrogen-bond acceptors (Lipinski definition) is 4. The lowest BCUT2D eigenvalue weighted by molar-refractivity contribution is 0.197. The van der Waals surface area contributed by atoms with E-state index in [0.717, 1.165) is 36.1 Å². The summed E-state index contributed by atoms with van der Waals surface area (Å²) in [5, 5.41) is 3.44. The van der Waals surface area contributed by atoms with Gasteiger partial charge in [0.25, 0.3) is 0 Å². The fourth-order valence-electron chi connectivity index (χ4n) is 3.11. The standard InChI is InChI=1S/C17H29N3O/c1-4-9-20(12-15-5-7-18-8-6-15)13-16-11-17(21-3)10-14(2)19-16/h10-11,15,18H,4-9,12-13H2,1-3H3. The maximum atomic E-state index is 5.36. The van der Waals surface area contributed by atoms with Crippen LogP contribution in [0.1, 0.15) is 37.6 Å². The first-order chi connectivity index (χ1) is 10.2. The first-order valence-electron chi connectivity index (χ1n) is 8.16. The molecule has 0 spiro atoms. The summed E-state index contributed by atoms with van der Waals surface area (Å²) in [6.07, 6.45) is 3.78. The topological polar surface area (TPSA) is 37.4 Å². The maximum absolute atomic E-state index is 5.36. The monoisotopic (exact) mass is 291 g/mol. The molecule has 0 unspecified atom stereocenters. The summed E-state index contributed by atoms with van der Waals surface area (Å²) < 4.78 is 5.36. The van der Waals surface area contributed by atoms with Crippen LogP contribution in [0.5, 0.6) is 5.75 Å². The molecule has 0 atom stereocenters. The van der Waals surface area contributed by atoms with Gasteiger partial charge in [-0.15, -0.1) is 0 Å². The van der Waals surface area contributed by atoms with Gasteiger partial charge >= 0.3 is 0 Å². The minimum atomic E-state index is 0.824. The van der Waals surface area contributed by atoms with E-state index in [4.69, 9.17) is 4.74 Å². The number of ether oxygens (including phenoxy) is 1. The zero-order valence-electron chi connectivity index (χ0n) is 13.7. The van der Waals surface area contributed by atoms with Crippen LogP contribution in [0.2, 0.25) is 0 Å². The predicted molar refractivity (Wildman–Crippen MR) is 86.7 cm³/mol. The van der Waals surface area contributed by atoms with Crippen molar-refractivity contribution in [1.82, 2.24) is 15.2 Å². The van der Waals surface area contributed by atoms with Crippen molar-refractivity contribution in [3.63, 3.8) is 0 Å². The Morgan fingerprint density at radius 3 is 2.76 bits per heavy atom. The first kappa shape index (κ1) is 16.2. The van der Waals surface area contributed by atoms with Crippen LogP contribution in [0.4, 0.5) is 0 Å². The van der Waals surface area contributed by atoms with Crippen LogP contribution < -0.4 is 10.1 Å². The molecule has 0 aromatic carbocycles. The third-order valence-corrected chi connectivity index (χ3v) is 4.12. The van der Waals surface area contributed by atoms with Gasteiger partial charge in [0.15, 0.2) is 0 Å². The van der Waals surface area contributed by atoms with Crippen molar-refractivity contribution in [1.29, 1.82) is 0 Å². The highest BCUT2D eigenvalue weighted by molar-refractivity contribution is 5.26. The number of aryl methyl sites for hydroxylation is 1. The molecule has 0 radical (unpaired) electrons. The normalized spacial score (nSPS) is 16.4. The molecule has 0 saturated carbocycles. The number of pyridine rings is 1. The molecular weight excluding hydrogens is 262 g/mol. The lowest BCUT2D eigenvalue weighted by atomic mass is 9.97. The Kier molecular flexibility index (Phi) is 6.46. The third kappa shape index (κ3) is 5.29. The molecule has 21 heavy (non-hydrogen) atoms. The molecule has 1 fully saturated rings. The number of methoxy groups -OCH3 is 1. The molecule has 1 aromatic heterocycles. The van der Waals surface area contributed by atoms with Gasteiger partial charge in [-0.2, -0.15) is 0 Å². The van der Waals surface area contributed by atoms with Gasteiger partial charge in [0.1, 0.15) is 5.75 Å². The molecule has 0 bridgehead atoms. The SMILES string of the molecule is CCCN(Cc1cc(OC)cc(C)n1)CC1CCNCC1. The van der Waals surface area contributed by atoms with Crippen molar-refractivity contribution in [2.75, 3.05) is 33.3 Å². The van der Waals surface area contributed by atoms with Gasteiger partial charge in [0, 0.05) is 30.9 Å². The van der Waals surface area contributed by atoms with E-state index in [-0.39, 0.29) is 0 Å². The Hall–Kier alpha value is -1.13. The van der Waals surface area contributed by atoms with E-state index >= 15 is 0 Å². The molecule has 4 nitrogen and oxygen atoms in total. The Bertz CT molecular complexity index is 430. The van der Waals surface area contributed by atoms with Crippen molar-refractivity contribution in [2.24, 2.45) is 5.92 Å². The summed E-state index contributed by atoms with van der Waals surface area (Å²) in [6, 6.07) is 4.05. The van der Waals surface area contributed by atoms with Gasteiger partial charge in [-0.25, -0.2) is 0 Å². The van der Waals surface area contributed by atoms with Gasteiger partial charge in [0.05, 0.1) is 12.8 Å². The fourth-order valence-corrected chi connectivity index (χ4v) is 3.11. The largest absolute Gasteiger partial charge is 0.497 e. The van der Waals surface area contributed by atoms with Crippen molar-refractivity contribution in [3.8, 4) is 5.75 Å². The third-order valence-electron chi connectivity index (χ3n) is 4.12. The molecule has 0 amide bonds. The van der Waals surface area contributed by atoms with Crippen molar-refractivity contribution < 1.29 is 4.74 Å². The highest BCUT2D eigenvalue weighted by Crippen LogP contribution is 2.18. The van der Waals surface area contributed by atoms with Gasteiger partial charge in [-0.1, -0.05) is 6.92 Å². The zero-order valence-corrected chi connectivity index (χ0v) is 13.7. The second-order valence-electron chi connectivity index (χ2n) is 6.07. The maximum Gasteiger partial charge on any atom is 0.122 e. The number of piperidine rings is 1. The summed E-state index contributed by atoms with van der Waals surface area (Å²) in [6.45, 7) is 9.87. The number of hydrogen-bond donors (Lipinski definition) is 1. The Balaban J connectivity index is 1.99. The lowest BCUT2D eigenvalue weighted by Crippen LogP contribution is -2.36. The highest BCUT2D eigenvalue weighted by Gasteiger charge is 2.17. The summed E-state index contributed by atoms with van der Waals surface area (Å²) in [5.74, 6) is 1.74. The number of rotatable bonds is 7. The van der Waals surface area contributed by atoms with Gasteiger partial charge < -0.3 is 10.1 Å². The molecule has 1 aliphatic rings. The first-order valence-corrected chi connectivity index (χ1v) is 8.16. The molecular formula is C17H29N3O. The van der Waals surface area contributed by atoms with E-state index in [9.17, 15) is 0 Å².